The Bertz CT molecular complexity index is 405. The maximum absolute atomic E-state index is 10.8. The molecular weight excluding hydrogens is 218 g/mol. The number of aryl methyl sites for hydroxylation is 2. The molecule has 17 heavy (non-hydrogen) atoms. The number of rotatable bonds is 5. The molecule has 0 aromatic carbocycles. The van der Waals surface area contributed by atoms with Crippen molar-refractivity contribution in [2.75, 3.05) is 5.32 Å². The second-order valence-corrected chi connectivity index (χ2v) is 4.54. The van der Waals surface area contributed by atoms with Crippen LogP contribution in [0.15, 0.2) is 6.20 Å². The van der Waals surface area contributed by atoms with Gasteiger partial charge in [0, 0.05) is 12.2 Å². The second-order valence-electron chi connectivity index (χ2n) is 4.54. The normalized spacial score (nSPS) is 12.5. The minimum absolute atomic E-state index is 0.0761. The van der Waals surface area contributed by atoms with Crippen molar-refractivity contribution in [1.82, 2.24) is 9.97 Å². The van der Waals surface area contributed by atoms with E-state index in [2.05, 4.69) is 15.3 Å². The van der Waals surface area contributed by atoms with Gasteiger partial charge in [-0.15, -0.1) is 0 Å². The molecule has 1 rings (SSSR count). The van der Waals surface area contributed by atoms with Crippen LogP contribution in [0.2, 0.25) is 0 Å². The highest BCUT2D eigenvalue weighted by Crippen LogP contribution is 2.16. The molecule has 0 saturated heterocycles. The van der Waals surface area contributed by atoms with E-state index in [0.717, 1.165) is 11.4 Å². The van der Waals surface area contributed by atoms with Crippen molar-refractivity contribution in [3.8, 4) is 0 Å². The van der Waals surface area contributed by atoms with Gasteiger partial charge in [0.1, 0.15) is 5.82 Å². The monoisotopic (exact) mass is 237 g/mol. The van der Waals surface area contributed by atoms with Crippen LogP contribution in [-0.4, -0.2) is 27.1 Å². The third-order valence-corrected chi connectivity index (χ3v) is 2.60. The summed E-state index contributed by atoms with van der Waals surface area (Å²) in [6.45, 7) is 7.68. The van der Waals surface area contributed by atoms with Crippen molar-refractivity contribution in [3.05, 3.63) is 17.6 Å². The lowest BCUT2D eigenvalue weighted by Gasteiger charge is -2.22. The summed E-state index contributed by atoms with van der Waals surface area (Å²) in [4.78, 5) is 19.3. The topological polar surface area (TPSA) is 75.1 Å². The van der Waals surface area contributed by atoms with Crippen LogP contribution in [0.25, 0.3) is 0 Å². The van der Waals surface area contributed by atoms with Crippen LogP contribution in [0, 0.1) is 19.8 Å². The SMILES string of the molecule is Cc1cnc(C)c(NC(CC(=O)O)C(C)C)n1. The van der Waals surface area contributed by atoms with Crippen LogP contribution in [-0.2, 0) is 4.79 Å². The molecule has 1 unspecified atom stereocenters. The van der Waals surface area contributed by atoms with Gasteiger partial charge >= 0.3 is 5.97 Å². The van der Waals surface area contributed by atoms with Crippen LogP contribution in [0.5, 0.6) is 0 Å². The Morgan fingerprint density at radius 1 is 1.47 bits per heavy atom. The molecular formula is C12H19N3O2. The molecule has 0 aliphatic rings. The molecule has 94 valence electrons. The van der Waals surface area contributed by atoms with Crippen molar-refractivity contribution in [1.29, 1.82) is 0 Å². The molecule has 0 amide bonds. The highest BCUT2D eigenvalue weighted by Gasteiger charge is 2.18. The molecule has 0 saturated carbocycles. The highest BCUT2D eigenvalue weighted by molar-refractivity contribution is 5.68. The molecule has 1 heterocycles. The van der Waals surface area contributed by atoms with Crippen molar-refractivity contribution in [2.45, 2.75) is 40.2 Å². The summed E-state index contributed by atoms with van der Waals surface area (Å²) in [5, 5.41) is 12.0. The smallest absolute Gasteiger partial charge is 0.305 e. The zero-order chi connectivity index (χ0) is 13.0. The largest absolute Gasteiger partial charge is 0.481 e. The Kier molecular flexibility index (Phi) is 4.43. The Balaban J connectivity index is 2.85. The molecule has 0 aliphatic carbocycles. The Labute approximate surface area is 101 Å². The van der Waals surface area contributed by atoms with E-state index < -0.39 is 5.97 Å². The van der Waals surface area contributed by atoms with E-state index in [1.807, 2.05) is 27.7 Å². The highest BCUT2D eigenvalue weighted by atomic mass is 16.4. The van der Waals surface area contributed by atoms with E-state index in [1.165, 1.54) is 0 Å². The molecule has 1 aromatic heterocycles. The maximum Gasteiger partial charge on any atom is 0.305 e. The predicted octanol–water partition coefficient (Wildman–Crippen LogP) is 2.00. The lowest BCUT2D eigenvalue weighted by molar-refractivity contribution is -0.137. The summed E-state index contributed by atoms with van der Waals surface area (Å²) >= 11 is 0. The van der Waals surface area contributed by atoms with E-state index in [9.17, 15) is 4.79 Å². The minimum atomic E-state index is -0.811. The summed E-state index contributed by atoms with van der Waals surface area (Å²) < 4.78 is 0. The minimum Gasteiger partial charge on any atom is -0.481 e. The van der Waals surface area contributed by atoms with Gasteiger partial charge in [-0.25, -0.2) is 4.98 Å². The lowest BCUT2D eigenvalue weighted by Crippen LogP contribution is -2.29. The number of carboxylic acid groups (broad SMARTS) is 1. The first kappa shape index (κ1) is 13.4. The molecule has 1 aromatic rings. The number of anilines is 1. The van der Waals surface area contributed by atoms with Crippen molar-refractivity contribution >= 4 is 11.8 Å². The van der Waals surface area contributed by atoms with E-state index in [4.69, 9.17) is 5.11 Å². The van der Waals surface area contributed by atoms with E-state index in [1.54, 1.807) is 6.20 Å². The third-order valence-electron chi connectivity index (χ3n) is 2.60. The standard InChI is InChI=1S/C12H19N3O2/c1-7(2)10(5-11(16)17)15-12-9(4)13-6-8(3)14-12/h6-7,10H,5H2,1-4H3,(H,14,15)(H,16,17). The quantitative estimate of drug-likeness (QED) is 0.819. The summed E-state index contributed by atoms with van der Waals surface area (Å²) in [5.41, 5.74) is 1.60. The van der Waals surface area contributed by atoms with Crippen LogP contribution in [0.3, 0.4) is 0 Å². The fourth-order valence-electron chi connectivity index (χ4n) is 1.49. The lowest BCUT2D eigenvalue weighted by atomic mass is 10.0. The van der Waals surface area contributed by atoms with Crippen molar-refractivity contribution in [2.24, 2.45) is 5.92 Å². The van der Waals surface area contributed by atoms with Crippen LogP contribution in [0.1, 0.15) is 31.7 Å². The van der Waals surface area contributed by atoms with Gasteiger partial charge in [-0.2, -0.15) is 0 Å². The number of hydrogen-bond acceptors (Lipinski definition) is 4. The number of aliphatic carboxylic acids is 1. The van der Waals surface area contributed by atoms with E-state index in [-0.39, 0.29) is 18.4 Å². The number of carboxylic acids is 1. The molecule has 1 atom stereocenters. The first-order valence-corrected chi connectivity index (χ1v) is 5.68. The first-order valence-electron chi connectivity index (χ1n) is 5.68. The molecule has 0 radical (unpaired) electrons. The number of aromatic nitrogens is 2. The Morgan fingerprint density at radius 3 is 2.65 bits per heavy atom. The second kappa shape index (κ2) is 5.61. The fourth-order valence-corrected chi connectivity index (χ4v) is 1.49. The number of carbonyl (C=O) groups is 1. The van der Waals surface area contributed by atoms with Gasteiger partial charge in [-0.3, -0.25) is 9.78 Å². The van der Waals surface area contributed by atoms with Crippen LogP contribution in [0.4, 0.5) is 5.82 Å². The number of nitrogens with zero attached hydrogens (tertiary/aromatic N) is 2. The van der Waals surface area contributed by atoms with E-state index >= 15 is 0 Å². The van der Waals surface area contributed by atoms with Crippen molar-refractivity contribution in [3.63, 3.8) is 0 Å². The van der Waals surface area contributed by atoms with Gasteiger partial charge < -0.3 is 10.4 Å². The van der Waals surface area contributed by atoms with Gasteiger partial charge in [-0.1, -0.05) is 13.8 Å². The van der Waals surface area contributed by atoms with Gasteiger partial charge in [0.15, 0.2) is 0 Å². The van der Waals surface area contributed by atoms with Crippen molar-refractivity contribution < 1.29 is 9.90 Å². The zero-order valence-corrected chi connectivity index (χ0v) is 10.7. The van der Waals surface area contributed by atoms with Crippen LogP contribution >= 0.6 is 0 Å². The molecule has 0 aliphatic heterocycles. The summed E-state index contributed by atoms with van der Waals surface area (Å²) in [6, 6.07) is -0.137. The number of hydrogen-bond donors (Lipinski definition) is 2. The average Bonchev–Trinajstić information content (AvgIpc) is 2.21. The van der Waals surface area contributed by atoms with Gasteiger partial charge in [0.25, 0.3) is 0 Å². The Hall–Kier alpha value is -1.65. The molecule has 0 fully saturated rings. The zero-order valence-electron chi connectivity index (χ0n) is 10.7. The average molecular weight is 237 g/mol. The number of nitrogens with one attached hydrogen (secondary N) is 1. The summed E-state index contributed by atoms with van der Waals surface area (Å²) in [7, 11) is 0. The molecule has 2 N–H and O–H groups in total. The molecule has 0 spiro atoms. The van der Waals surface area contributed by atoms with Gasteiger partial charge in [0.05, 0.1) is 17.8 Å². The first-order chi connectivity index (χ1) is 7.90. The summed E-state index contributed by atoms with van der Waals surface area (Å²) in [5.74, 6) is 0.0761. The van der Waals surface area contributed by atoms with Gasteiger partial charge in [-0.05, 0) is 19.8 Å². The maximum atomic E-state index is 10.8. The molecule has 5 nitrogen and oxygen atoms in total. The fraction of sp³-hybridized carbons (Fsp3) is 0.583. The molecule has 0 bridgehead atoms. The van der Waals surface area contributed by atoms with Gasteiger partial charge in [0.2, 0.25) is 0 Å². The Morgan fingerprint density at radius 2 is 2.12 bits per heavy atom. The van der Waals surface area contributed by atoms with E-state index in [0.29, 0.717) is 5.82 Å². The predicted molar refractivity (Wildman–Crippen MR) is 66.0 cm³/mol. The summed E-state index contributed by atoms with van der Waals surface area (Å²) in [6.07, 6.45) is 1.77. The molecule has 5 heteroatoms. The van der Waals surface area contributed by atoms with Crippen LogP contribution < -0.4 is 5.32 Å². The third kappa shape index (κ3) is 4.01.